The van der Waals surface area contributed by atoms with Gasteiger partial charge in [0.1, 0.15) is 0 Å². The summed E-state index contributed by atoms with van der Waals surface area (Å²) in [5.74, 6) is -5.10. The molecule has 9 heteroatoms. The number of ether oxygens (including phenoxy) is 2. The number of aliphatic imine (C=N–C) groups is 1. The molecular formula is C23H35F2NO5Si. The van der Waals surface area contributed by atoms with Crippen molar-refractivity contribution >= 4 is 32.2 Å². The van der Waals surface area contributed by atoms with E-state index in [9.17, 15) is 18.4 Å². The van der Waals surface area contributed by atoms with Gasteiger partial charge in [0.25, 0.3) is 0 Å². The van der Waals surface area contributed by atoms with Crippen molar-refractivity contribution in [2.75, 3.05) is 13.2 Å². The van der Waals surface area contributed by atoms with E-state index in [1.165, 1.54) is 6.07 Å². The molecule has 180 valence electrons. The summed E-state index contributed by atoms with van der Waals surface area (Å²) in [5, 5.41) is -0.0464. The molecule has 1 aromatic rings. The lowest BCUT2D eigenvalue weighted by molar-refractivity contribution is -0.157. The summed E-state index contributed by atoms with van der Waals surface area (Å²) in [6.45, 7) is 15.6. The van der Waals surface area contributed by atoms with Crippen molar-refractivity contribution in [2.24, 2.45) is 10.9 Å². The molecule has 0 aliphatic heterocycles. The minimum atomic E-state index is -2.13. The van der Waals surface area contributed by atoms with Crippen LogP contribution in [0.3, 0.4) is 0 Å². The minimum absolute atomic E-state index is 0.0129. The maximum Gasteiger partial charge on any atom is 0.325 e. The van der Waals surface area contributed by atoms with Gasteiger partial charge < -0.3 is 13.9 Å². The van der Waals surface area contributed by atoms with E-state index in [0.717, 1.165) is 12.3 Å². The van der Waals surface area contributed by atoms with Crippen LogP contribution in [0.15, 0.2) is 17.1 Å². The first-order valence-corrected chi connectivity index (χ1v) is 13.7. The smallest absolute Gasteiger partial charge is 0.325 e. The number of carbonyl (C=O) groups is 2. The average molecular weight is 472 g/mol. The Morgan fingerprint density at radius 2 is 1.62 bits per heavy atom. The first-order valence-electron chi connectivity index (χ1n) is 10.8. The Hall–Kier alpha value is -2.13. The predicted molar refractivity (Wildman–Crippen MR) is 123 cm³/mol. The average Bonchev–Trinajstić information content (AvgIpc) is 2.66. The van der Waals surface area contributed by atoms with Crippen molar-refractivity contribution in [1.82, 2.24) is 0 Å². The molecule has 0 N–H and O–H groups in total. The Morgan fingerprint density at radius 1 is 1.09 bits per heavy atom. The number of hydrogen-bond acceptors (Lipinski definition) is 6. The summed E-state index contributed by atoms with van der Waals surface area (Å²) in [5.41, 5.74) is 0.118. The maximum absolute atomic E-state index is 14.7. The molecule has 0 amide bonds. The highest BCUT2D eigenvalue weighted by atomic mass is 28.4. The van der Waals surface area contributed by atoms with Crippen molar-refractivity contribution in [3.63, 3.8) is 0 Å². The molecule has 0 saturated heterocycles. The highest BCUT2D eigenvalue weighted by Gasteiger charge is 2.38. The monoisotopic (exact) mass is 471 g/mol. The predicted octanol–water partition coefficient (Wildman–Crippen LogP) is 5.36. The zero-order chi connectivity index (χ0) is 24.7. The van der Waals surface area contributed by atoms with Crippen LogP contribution in [0.2, 0.25) is 18.1 Å². The van der Waals surface area contributed by atoms with E-state index in [4.69, 9.17) is 13.9 Å². The lowest BCUT2D eigenvalue weighted by Crippen LogP contribution is -2.43. The van der Waals surface area contributed by atoms with Gasteiger partial charge in [0.05, 0.1) is 18.9 Å². The second kappa shape index (κ2) is 11.6. The number of hydrogen-bond donors (Lipinski definition) is 0. The zero-order valence-electron chi connectivity index (χ0n) is 20.3. The van der Waals surface area contributed by atoms with Crippen LogP contribution in [0.25, 0.3) is 0 Å². The van der Waals surface area contributed by atoms with E-state index in [-0.39, 0.29) is 35.9 Å². The molecule has 1 rings (SSSR count). The van der Waals surface area contributed by atoms with Gasteiger partial charge in [-0.15, -0.1) is 0 Å². The van der Waals surface area contributed by atoms with Gasteiger partial charge in [0, 0.05) is 24.3 Å². The van der Waals surface area contributed by atoms with Crippen LogP contribution >= 0.6 is 0 Å². The molecule has 1 unspecified atom stereocenters. The van der Waals surface area contributed by atoms with Crippen LogP contribution in [-0.4, -0.2) is 45.8 Å². The molecule has 0 heterocycles. The van der Waals surface area contributed by atoms with Gasteiger partial charge in [0.15, 0.2) is 25.9 Å². The number of benzene rings is 1. The first-order chi connectivity index (χ1) is 14.7. The van der Waals surface area contributed by atoms with Crippen LogP contribution in [-0.2, 0) is 29.9 Å². The maximum atomic E-state index is 14.7. The Morgan fingerprint density at radius 3 is 2.09 bits per heavy atom. The van der Waals surface area contributed by atoms with E-state index < -0.39 is 43.9 Å². The van der Waals surface area contributed by atoms with Crippen LogP contribution in [0.1, 0.15) is 47.1 Å². The molecule has 0 bridgehead atoms. The largest absolute Gasteiger partial charge is 0.465 e. The highest BCUT2D eigenvalue weighted by molar-refractivity contribution is 6.74. The highest BCUT2D eigenvalue weighted by Crippen LogP contribution is 2.38. The van der Waals surface area contributed by atoms with Crippen molar-refractivity contribution < 1.29 is 32.3 Å². The van der Waals surface area contributed by atoms with Crippen molar-refractivity contribution in [1.29, 1.82) is 0 Å². The zero-order valence-corrected chi connectivity index (χ0v) is 21.3. The molecule has 0 fully saturated rings. The molecule has 0 spiro atoms. The van der Waals surface area contributed by atoms with Crippen LogP contribution in [0, 0.1) is 17.6 Å². The fourth-order valence-electron chi connectivity index (χ4n) is 2.74. The molecule has 1 atom stereocenters. The lowest BCUT2D eigenvalue weighted by Gasteiger charge is -2.38. The lowest BCUT2D eigenvalue weighted by atomic mass is 10.1. The number of carbonyl (C=O) groups excluding carboxylic acids is 2. The van der Waals surface area contributed by atoms with E-state index in [0.29, 0.717) is 0 Å². The van der Waals surface area contributed by atoms with Gasteiger partial charge in [-0.2, -0.15) is 0 Å². The summed E-state index contributed by atoms with van der Waals surface area (Å²) in [6.07, 6.45) is 0.727. The quantitative estimate of drug-likeness (QED) is 0.199. The third kappa shape index (κ3) is 7.48. The summed E-state index contributed by atoms with van der Waals surface area (Å²) in [6, 6.07) is 2.26. The summed E-state index contributed by atoms with van der Waals surface area (Å²) in [7, 11) is -2.13. The van der Waals surface area contributed by atoms with Gasteiger partial charge in [-0.3, -0.25) is 14.6 Å². The topological polar surface area (TPSA) is 74.2 Å². The molecule has 0 aliphatic carbocycles. The Balaban J connectivity index is 3.25. The van der Waals surface area contributed by atoms with E-state index in [2.05, 4.69) is 38.9 Å². The second-order valence-corrected chi connectivity index (χ2v) is 13.8. The van der Waals surface area contributed by atoms with Gasteiger partial charge >= 0.3 is 11.9 Å². The van der Waals surface area contributed by atoms with Crippen LogP contribution in [0.5, 0.6) is 0 Å². The van der Waals surface area contributed by atoms with Crippen LogP contribution < -0.4 is 0 Å². The van der Waals surface area contributed by atoms with E-state index in [1.807, 2.05) is 0 Å². The normalized spacial score (nSPS) is 13.5. The first kappa shape index (κ1) is 27.9. The number of esters is 2. The third-order valence-corrected chi connectivity index (χ3v) is 10.0. The summed E-state index contributed by atoms with van der Waals surface area (Å²) < 4.78 is 44.8. The number of halogens is 2. The Bertz CT molecular complexity index is 818. The molecule has 0 radical (unpaired) electrons. The molecular weight excluding hydrogens is 436 g/mol. The van der Waals surface area contributed by atoms with E-state index >= 15 is 0 Å². The minimum Gasteiger partial charge on any atom is -0.465 e. The molecule has 6 nitrogen and oxygen atoms in total. The second-order valence-electron chi connectivity index (χ2n) is 9.01. The van der Waals surface area contributed by atoms with Gasteiger partial charge in [-0.05, 0) is 51.0 Å². The molecule has 32 heavy (non-hydrogen) atoms. The molecule has 1 aromatic carbocycles. The fourth-order valence-corrected chi connectivity index (χ4v) is 4.19. The van der Waals surface area contributed by atoms with Gasteiger partial charge in [-0.25, -0.2) is 8.78 Å². The SMILES string of the molecule is CCOC(=O)C(C=Nc1ccc(F)c(F)c1CC(C)O[Si](C)(C)C(C)(C)C)C(=O)OCC. The van der Waals surface area contributed by atoms with Crippen LogP contribution in [0.4, 0.5) is 14.5 Å². The number of nitrogens with zero attached hydrogens (tertiary/aromatic N) is 1. The fraction of sp³-hybridized carbons (Fsp3) is 0.609. The van der Waals surface area contributed by atoms with Gasteiger partial charge in [0.2, 0.25) is 0 Å². The molecule has 0 aliphatic rings. The third-order valence-electron chi connectivity index (χ3n) is 5.41. The summed E-state index contributed by atoms with van der Waals surface area (Å²) in [4.78, 5) is 28.4. The van der Waals surface area contributed by atoms with Gasteiger partial charge in [-0.1, -0.05) is 20.8 Å². The Labute approximate surface area is 190 Å². The number of rotatable bonds is 10. The van der Waals surface area contributed by atoms with E-state index in [1.54, 1.807) is 20.8 Å². The summed E-state index contributed by atoms with van der Waals surface area (Å²) >= 11 is 0. The standard InChI is InChI=1S/C23H35F2NO5Si/c1-9-29-21(27)17(22(28)30-10-2)14-26-19-12-11-18(24)20(25)16(19)13-15(3)31-32(7,8)23(4,5)6/h11-12,14-15,17H,9-10,13H2,1-8H3. The molecule has 0 aromatic heterocycles. The van der Waals surface area contributed by atoms with Crippen molar-refractivity contribution in [3.8, 4) is 0 Å². The van der Waals surface area contributed by atoms with Crippen molar-refractivity contribution in [2.45, 2.75) is 72.2 Å². The van der Waals surface area contributed by atoms with Crippen molar-refractivity contribution in [3.05, 3.63) is 29.3 Å². The molecule has 0 saturated carbocycles. The Kier molecular flexibility index (Phi) is 10.2.